The van der Waals surface area contributed by atoms with Gasteiger partial charge in [0.1, 0.15) is 0 Å². The van der Waals surface area contributed by atoms with Crippen molar-refractivity contribution in [3.8, 4) is 0 Å². The Bertz CT molecular complexity index is 867. The van der Waals surface area contributed by atoms with Crippen LogP contribution in [0.25, 0.3) is 0 Å². The van der Waals surface area contributed by atoms with Gasteiger partial charge in [-0.2, -0.15) is 0 Å². The number of nitro groups is 1. The molecule has 0 spiro atoms. The van der Waals surface area contributed by atoms with E-state index in [1.165, 1.54) is 12.1 Å². The van der Waals surface area contributed by atoms with Gasteiger partial charge in [0.2, 0.25) is 0 Å². The number of carbonyl (C=O) groups excluding carboxylic acids is 1. The molecular formula is C19H21BN2O5. The van der Waals surface area contributed by atoms with Crippen LogP contribution < -0.4 is 10.8 Å². The van der Waals surface area contributed by atoms with Gasteiger partial charge in [-0.25, -0.2) is 0 Å². The summed E-state index contributed by atoms with van der Waals surface area (Å²) in [5.74, 6) is -0.442. The molecular weight excluding hydrogens is 347 g/mol. The standard InChI is InChI=1S/C19H21BN2O5/c1-18(2)19(3,4)27-20(26-18)14-10-13(11-16(12-14)22(24)25)17(23)21-15-8-6-5-7-9-15/h5-12H,1-4H3,(H,21,23). The third kappa shape index (κ3) is 3.86. The third-order valence-corrected chi connectivity index (χ3v) is 4.97. The van der Waals surface area contributed by atoms with Crippen molar-refractivity contribution in [3.05, 3.63) is 64.2 Å². The Morgan fingerprint density at radius 1 is 1.04 bits per heavy atom. The zero-order valence-corrected chi connectivity index (χ0v) is 15.7. The van der Waals surface area contributed by atoms with Crippen LogP contribution in [0, 0.1) is 10.1 Å². The second-order valence-electron chi connectivity index (χ2n) is 7.48. The highest BCUT2D eigenvalue weighted by Crippen LogP contribution is 2.36. The van der Waals surface area contributed by atoms with Gasteiger partial charge in [-0.15, -0.1) is 0 Å². The Labute approximate surface area is 158 Å². The lowest BCUT2D eigenvalue weighted by atomic mass is 9.78. The van der Waals surface area contributed by atoms with Crippen molar-refractivity contribution in [2.45, 2.75) is 38.9 Å². The Morgan fingerprint density at radius 3 is 2.19 bits per heavy atom. The molecule has 2 aromatic carbocycles. The van der Waals surface area contributed by atoms with Crippen LogP contribution in [0.3, 0.4) is 0 Å². The molecule has 2 aromatic rings. The summed E-state index contributed by atoms with van der Waals surface area (Å²) in [6.07, 6.45) is 0. The molecule has 0 aromatic heterocycles. The van der Waals surface area contributed by atoms with Gasteiger partial charge in [-0.05, 0) is 51.4 Å². The maximum atomic E-state index is 12.6. The molecule has 1 fully saturated rings. The molecule has 8 heteroatoms. The zero-order valence-electron chi connectivity index (χ0n) is 15.7. The quantitative estimate of drug-likeness (QED) is 0.509. The van der Waals surface area contributed by atoms with E-state index in [1.54, 1.807) is 30.3 Å². The molecule has 1 amide bonds. The fourth-order valence-corrected chi connectivity index (χ4v) is 2.71. The van der Waals surface area contributed by atoms with Crippen molar-refractivity contribution in [3.63, 3.8) is 0 Å². The van der Waals surface area contributed by atoms with Crippen LogP contribution in [-0.2, 0) is 9.31 Å². The minimum atomic E-state index is -0.793. The van der Waals surface area contributed by atoms with E-state index in [2.05, 4.69) is 5.32 Å². The lowest BCUT2D eigenvalue weighted by molar-refractivity contribution is -0.384. The zero-order chi connectivity index (χ0) is 19.8. The fourth-order valence-electron chi connectivity index (χ4n) is 2.71. The summed E-state index contributed by atoms with van der Waals surface area (Å²) in [7, 11) is -0.793. The van der Waals surface area contributed by atoms with Crippen LogP contribution in [0.1, 0.15) is 38.1 Å². The number of carbonyl (C=O) groups is 1. The number of para-hydroxylation sites is 1. The Kier molecular flexibility index (Phi) is 4.80. The van der Waals surface area contributed by atoms with Crippen LogP contribution in [0.4, 0.5) is 11.4 Å². The number of nitro benzene ring substituents is 1. The summed E-state index contributed by atoms with van der Waals surface area (Å²) in [6, 6.07) is 13.1. The second kappa shape index (κ2) is 6.79. The Hall–Kier alpha value is -2.71. The van der Waals surface area contributed by atoms with Gasteiger partial charge in [0.25, 0.3) is 11.6 Å². The molecule has 1 N–H and O–H groups in total. The highest BCUT2D eigenvalue weighted by molar-refractivity contribution is 6.62. The lowest BCUT2D eigenvalue weighted by Gasteiger charge is -2.32. The number of nitrogens with one attached hydrogen (secondary N) is 1. The van der Waals surface area contributed by atoms with Crippen LogP contribution in [-0.4, -0.2) is 29.2 Å². The van der Waals surface area contributed by atoms with Crippen LogP contribution >= 0.6 is 0 Å². The molecule has 0 bridgehead atoms. The van der Waals surface area contributed by atoms with Crippen LogP contribution in [0.2, 0.25) is 0 Å². The van der Waals surface area contributed by atoms with E-state index >= 15 is 0 Å². The molecule has 1 aliphatic heterocycles. The monoisotopic (exact) mass is 368 g/mol. The molecule has 1 heterocycles. The van der Waals surface area contributed by atoms with Gasteiger partial charge in [-0.1, -0.05) is 18.2 Å². The van der Waals surface area contributed by atoms with E-state index < -0.39 is 29.2 Å². The third-order valence-electron chi connectivity index (χ3n) is 4.97. The molecule has 0 radical (unpaired) electrons. The number of hydrogen-bond donors (Lipinski definition) is 1. The lowest BCUT2D eigenvalue weighted by Crippen LogP contribution is -2.41. The Balaban J connectivity index is 1.94. The van der Waals surface area contributed by atoms with E-state index in [-0.39, 0.29) is 11.3 Å². The van der Waals surface area contributed by atoms with Crippen molar-refractivity contribution in [2.24, 2.45) is 0 Å². The first kappa shape index (κ1) is 19.1. The van der Waals surface area contributed by atoms with E-state index in [9.17, 15) is 14.9 Å². The molecule has 3 rings (SSSR count). The van der Waals surface area contributed by atoms with E-state index in [4.69, 9.17) is 9.31 Å². The molecule has 0 aliphatic carbocycles. The normalized spacial score (nSPS) is 17.6. The van der Waals surface area contributed by atoms with Gasteiger partial charge in [0, 0.05) is 23.4 Å². The number of nitrogens with zero attached hydrogens (tertiary/aromatic N) is 1. The SMILES string of the molecule is CC1(C)OB(c2cc(C(=O)Nc3ccccc3)cc([N+](=O)[O-])c2)OC1(C)C. The average Bonchev–Trinajstić information content (AvgIpc) is 2.83. The van der Waals surface area contributed by atoms with Crippen molar-refractivity contribution in [2.75, 3.05) is 5.32 Å². The maximum Gasteiger partial charge on any atom is 0.495 e. The van der Waals surface area contributed by atoms with Gasteiger partial charge < -0.3 is 14.6 Å². The van der Waals surface area contributed by atoms with Gasteiger partial charge in [-0.3, -0.25) is 14.9 Å². The summed E-state index contributed by atoms with van der Waals surface area (Å²) in [5, 5.41) is 14.1. The summed E-state index contributed by atoms with van der Waals surface area (Å²) >= 11 is 0. The molecule has 1 aliphatic rings. The number of amides is 1. The summed E-state index contributed by atoms with van der Waals surface area (Å²) in [6.45, 7) is 7.58. The van der Waals surface area contributed by atoms with Gasteiger partial charge in [0.15, 0.2) is 0 Å². The number of non-ortho nitro benzene ring substituents is 1. The molecule has 0 saturated carbocycles. The molecule has 0 unspecified atom stereocenters. The summed E-state index contributed by atoms with van der Waals surface area (Å²) in [5.41, 5.74) is -0.172. The highest BCUT2D eigenvalue weighted by Gasteiger charge is 2.52. The van der Waals surface area contributed by atoms with E-state index in [0.717, 1.165) is 0 Å². The summed E-state index contributed by atoms with van der Waals surface area (Å²) < 4.78 is 11.9. The van der Waals surface area contributed by atoms with E-state index in [1.807, 2.05) is 33.8 Å². The predicted molar refractivity (Wildman–Crippen MR) is 103 cm³/mol. The van der Waals surface area contributed by atoms with Crippen LogP contribution in [0.15, 0.2) is 48.5 Å². The summed E-state index contributed by atoms with van der Waals surface area (Å²) in [4.78, 5) is 23.4. The molecule has 140 valence electrons. The largest absolute Gasteiger partial charge is 0.495 e. The average molecular weight is 368 g/mol. The first-order chi connectivity index (χ1) is 12.6. The smallest absolute Gasteiger partial charge is 0.399 e. The van der Waals surface area contributed by atoms with Crippen molar-refractivity contribution < 1.29 is 19.0 Å². The van der Waals surface area contributed by atoms with Crippen molar-refractivity contribution in [1.29, 1.82) is 0 Å². The van der Waals surface area contributed by atoms with Gasteiger partial charge >= 0.3 is 7.12 Å². The van der Waals surface area contributed by atoms with Gasteiger partial charge in [0.05, 0.1) is 16.1 Å². The Morgan fingerprint density at radius 2 is 1.63 bits per heavy atom. The number of hydrogen-bond acceptors (Lipinski definition) is 5. The van der Waals surface area contributed by atoms with E-state index in [0.29, 0.717) is 11.2 Å². The molecule has 7 nitrogen and oxygen atoms in total. The molecule has 1 saturated heterocycles. The first-order valence-electron chi connectivity index (χ1n) is 8.60. The fraction of sp³-hybridized carbons (Fsp3) is 0.316. The molecule has 0 atom stereocenters. The topological polar surface area (TPSA) is 90.7 Å². The molecule has 27 heavy (non-hydrogen) atoms. The first-order valence-corrected chi connectivity index (χ1v) is 8.60. The minimum absolute atomic E-state index is 0.165. The number of benzene rings is 2. The predicted octanol–water partition coefficient (Wildman–Crippen LogP) is 3.15. The number of rotatable bonds is 4. The minimum Gasteiger partial charge on any atom is -0.399 e. The second-order valence-corrected chi connectivity index (χ2v) is 7.48. The number of anilines is 1. The maximum absolute atomic E-state index is 12.6. The van der Waals surface area contributed by atoms with Crippen molar-refractivity contribution >= 4 is 29.9 Å². The highest BCUT2D eigenvalue weighted by atomic mass is 16.7. The van der Waals surface area contributed by atoms with Crippen molar-refractivity contribution in [1.82, 2.24) is 0 Å². The van der Waals surface area contributed by atoms with Crippen LogP contribution in [0.5, 0.6) is 0 Å².